The van der Waals surface area contributed by atoms with Gasteiger partial charge in [0.2, 0.25) is 0 Å². The van der Waals surface area contributed by atoms with Crippen LogP contribution in [-0.4, -0.2) is 25.8 Å². The van der Waals surface area contributed by atoms with E-state index in [4.69, 9.17) is 5.73 Å². The predicted molar refractivity (Wildman–Crippen MR) is 65.4 cm³/mol. The SMILES string of the molecule is NC1CCCc2nc(CC3CCCS3)nn21. The number of thioether (sulfide) groups is 1. The normalized spacial score (nSPS) is 29.3. The Kier molecular flexibility index (Phi) is 2.90. The molecule has 2 aliphatic heterocycles. The third kappa shape index (κ3) is 1.98. The van der Waals surface area contributed by atoms with Crippen molar-refractivity contribution >= 4 is 11.8 Å². The van der Waals surface area contributed by atoms with Gasteiger partial charge in [0.25, 0.3) is 0 Å². The fourth-order valence-corrected chi connectivity index (χ4v) is 3.79. The molecule has 0 spiro atoms. The number of nitrogens with zero attached hydrogens (tertiary/aromatic N) is 3. The first-order chi connectivity index (χ1) is 7.83. The average Bonchev–Trinajstić information content (AvgIpc) is 2.88. The summed E-state index contributed by atoms with van der Waals surface area (Å²) in [6.07, 6.45) is 6.98. The molecule has 2 aliphatic rings. The topological polar surface area (TPSA) is 56.7 Å². The van der Waals surface area contributed by atoms with Crippen molar-refractivity contribution in [2.75, 3.05) is 5.75 Å². The highest BCUT2D eigenvalue weighted by Gasteiger charge is 2.23. The van der Waals surface area contributed by atoms with Crippen LogP contribution in [0.3, 0.4) is 0 Å². The summed E-state index contributed by atoms with van der Waals surface area (Å²) in [5.41, 5.74) is 6.02. The molecule has 2 unspecified atom stereocenters. The zero-order valence-electron chi connectivity index (χ0n) is 9.43. The molecule has 0 saturated carbocycles. The minimum absolute atomic E-state index is 0.0567. The number of aryl methyl sites for hydroxylation is 1. The number of rotatable bonds is 2. The quantitative estimate of drug-likeness (QED) is 0.848. The van der Waals surface area contributed by atoms with E-state index < -0.39 is 0 Å². The van der Waals surface area contributed by atoms with E-state index in [-0.39, 0.29) is 6.17 Å². The van der Waals surface area contributed by atoms with E-state index in [9.17, 15) is 0 Å². The second kappa shape index (κ2) is 4.37. The highest BCUT2D eigenvalue weighted by atomic mass is 32.2. The summed E-state index contributed by atoms with van der Waals surface area (Å²) in [6.45, 7) is 0. The van der Waals surface area contributed by atoms with E-state index in [1.54, 1.807) is 0 Å². The monoisotopic (exact) mass is 238 g/mol. The predicted octanol–water partition coefficient (Wildman–Crippen LogP) is 1.51. The molecule has 1 saturated heterocycles. The number of hydrogen-bond donors (Lipinski definition) is 1. The molecule has 1 aromatic heterocycles. The number of nitrogens with two attached hydrogens (primary N) is 1. The summed E-state index contributed by atoms with van der Waals surface area (Å²) in [5.74, 6) is 3.40. The maximum atomic E-state index is 6.02. The summed E-state index contributed by atoms with van der Waals surface area (Å²) in [4.78, 5) is 4.62. The van der Waals surface area contributed by atoms with Gasteiger partial charge in [0.05, 0.1) is 0 Å². The molecule has 2 atom stereocenters. The molecular weight excluding hydrogens is 220 g/mol. The molecule has 0 aliphatic carbocycles. The van der Waals surface area contributed by atoms with Crippen LogP contribution in [0.5, 0.6) is 0 Å². The zero-order valence-corrected chi connectivity index (χ0v) is 10.2. The van der Waals surface area contributed by atoms with Crippen molar-refractivity contribution in [3.05, 3.63) is 11.6 Å². The third-order valence-corrected chi connectivity index (χ3v) is 4.79. The van der Waals surface area contributed by atoms with Crippen molar-refractivity contribution in [3.63, 3.8) is 0 Å². The Morgan fingerprint density at radius 2 is 2.31 bits per heavy atom. The van der Waals surface area contributed by atoms with Crippen molar-refractivity contribution < 1.29 is 0 Å². The van der Waals surface area contributed by atoms with Gasteiger partial charge in [-0.3, -0.25) is 0 Å². The Balaban J connectivity index is 1.75. The van der Waals surface area contributed by atoms with Gasteiger partial charge in [0.15, 0.2) is 5.82 Å². The second-order valence-corrected chi connectivity index (χ2v) is 6.10. The maximum Gasteiger partial charge on any atom is 0.152 e. The molecule has 1 fully saturated rings. The lowest BCUT2D eigenvalue weighted by Crippen LogP contribution is -2.25. The van der Waals surface area contributed by atoms with Crippen LogP contribution >= 0.6 is 11.8 Å². The molecule has 1 aromatic rings. The Labute approximate surface area is 100.0 Å². The summed E-state index contributed by atoms with van der Waals surface area (Å²) in [5, 5.41) is 5.30. The van der Waals surface area contributed by atoms with Crippen molar-refractivity contribution in [3.8, 4) is 0 Å². The fraction of sp³-hybridized carbons (Fsp3) is 0.818. The Morgan fingerprint density at radius 1 is 1.38 bits per heavy atom. The molecule has 0 amide bonds. The second-order valence-electron chi connectivity index (χ2n) is 4.69. The molecule has 3 heterocycles. The highest BCUT2D eigenvalue weighted by Crippen LogP contribution is 2.29. The molecule has 0 bridgehead atoms. The molecular formula is C11H18N4S. The molecule has 88 valence electrons. The van der Waals surface area contributed by atoms with Gasteiger partial charge in [-0.05, 0) is 31.4 Å². The van der Waals surface area contributed by atoms with Crippen LogP contribution in [0.15, 0.2) is 0 Å². The molecule has 3 rings (SSSR count). The number of hydrogen-bond acceptors (Lipinski definition) is 4. The summed E-state index contributed by atoms with van der Waals surface area (Å²) >= 11 is 2.06. The average molecular weight is 238 g/mol. The van der Waals surface area contributed by atoms with E-state index in [2.05, 4.69) is 21.8 Å². The lowest BCUT2D eigenvalue weighted by Gasteiger charge is -2.18. The van der Waals surface area contributed by atoms with E-state index >= 15 is 0 Å². The van der Waals surface area contributed by atoms with E-state index in [0.717, 1.165) is 42.6 Å². The largest absolute Gasteiger partial charge is 0.310 e. The van der Waals surface area contributed by atoms with E-state index in [0.29, 0.717) is 0 Å². The number of fused-ring (bicyclic) bond motifs is 1. The summed E-state index contributed by atoms with van der Waals surface area (Å²) < 4.78 is 1.94. The van der Waals surface area contributed by atoms with Gasteiger partial charge in [0.1, 0.15) is 12.0 Å². The van der Waals surface area contributed by atoms with Crippen LogP contribution < -0.4 is 5.73 Å². The molecule has 5 heteroatoms. The summed E-state index contributed by atoms with van der Waals surface area (Å²) in [6, 6.07) is 0. The first-order valence-electron chi connectivity index (χ1n) is 6.14. The molecule has 4 nitrogen and oxygen atoms in total. The van der Waals surface area contributed by atoms with Gasteiger partial charge in [-0.1, -0.05) is 0 Å². The zero-order chi connectivity index (χ0) is 11.0. The van der Waals surface area contributed by atoms with Gasteiger partial charge in [-0.2, -0.15) is 16.9 Å². The van der Waals surface area contributed by atoms with Crippen molar-refractivity contribution in [2.24, 2.45) is 5.73 Å². The van der Waals surface area contributed by atoms with Crippen LogP contribution in [-0.2, 0) is 12.8 Å². The van der Waals surface area contributed by atoms with Crippen LogP contribution in [0.25, 0.3) is 0 Å². The first-order valence-corrected chi connectivity index (χ1v) is 7.19. The molecule has 2 N–H and O–H groups in total. The Morgan fingerprint density at radius 3 is 3.06 bits per heavy atom. The van der Waals surface area contributed by atoms with Crippen molar-refractivity contribution in [2.45, 2.75) is 49.9 Å². The standard InChI is InChI=1S/C11H18N4S/c12-9-4-1-5-11-13-10(14-15(9)11)7-8-3-2-6-16-8/h8-9H,1-7,12H2. The van der Waals surface area contributed by atoms with Crippen molar-refractivity contribution in [1.82, 2.24) is 14.8 Å². The third-order valence-electron chi connectivity index (χ3n) is 3.39. The van der Waals surface area contributed by atoms with Gasteiger partial charge >= 0.3 is 0 Å². The molecule has 0 radical (unpaired) electrons. The minimum atomic E-state index is 0.0567. The van der Waals surface area contributed by atoms with Gasteiger partial charge in [-0.15, -0.1) is 0 Å². The Bertz CT molecular complexity index is 370. The van der Waals surface area contributed by atoms with Crippen LogP contribution in [0.1, 0.15) is 43.5 Å². The van der Waals surface area contributed by atoms with Gasteiger partial charge < -0.3 is 5.73 Å². The van der Waals surface area contributed by atoms with Crippen molar-refractivity contribution in [1.29, 1.82) is 0 Å². The minimum Gasteiger partial charge on any atom is -0.310 e. The lowest BCUT2D eigenvalue weighted by molar-refractivity contribution is 0.371. The van der Waals surface area contributed by atoms with Crippen LogP contribution in [0.4, 0.5) is 0 Å². The van der Waals surface area contributed by atoms with Crippen LogP contribution in [0, 0.1) is 0 Å². The van der Waals surface area contributed by atoms with Gasteiger partial charge in [0, 0.05) is 18.1 Å². The van der Waals surface area contributed by atoms with E-state index in [1.165, 1.54) is 18.6 Å². The first kappa shape index (κ1) is 10.6. The van der Waals surface area contributed by atoms with E-state index in [1.807, 2.05) is 4.68 Å². The van der Waals surface area contributed by atoms with Crippen LogP contribution in [0.2, 0.25) is 0 Å². The number of aromatic nitrogens is 3. The summed E-state index contributed by atoms with van der Waals surface area (Å²) in [7, 11) is 0. The van der Waals surface area contributed by atoms with Gasteiger partial charge in [-0.25, -0.2) is 9.67 Å². The molecule has 0 aromatic carbocycles. The molecule has 16 heavy (non-hydrogen) atoms. The maximum absolute atomic E-state index is 6.02. The smallest absolute Gasteiger partial charge is 0.152 e. The lowest BCUT2D eigenvalue weighted by atomic mass is 10.1. The fourth-order valence-electron chi connectivity index (χ4n) is 2.53. The highest BCUT2D eigenvalue weighted by molar-refractivity contribution is 8.00. The Hall–Kier alpha value is -0.550.